The zero-order chi connectivity index (χ0) is 51.4. The van der Waals surface area contributed by atoms with Gasteiger partial charge >= 0.3 is 17.9 Å². The maximum absolute atomic E-state index is 12.9. The van der Waals surface area contributed by atoms with Crippen LogP contribution in [0.15, 0.2) is 60.8 Å². The van der Waals surface area contributed by atoms with Crippen molar-refractivity contribution in [1.82, 2.24) is 0 Å². The lowest BCUT2D eigenvalue weighted by Gasteiger charge is -2.18. The maximum atomic E-state index is 12.9. The second-order valence-corrected chi connectivity index (χ2v) is 20.6. The molecule has 0 aromatic carbocycles. The first-order valence-electron chi connectivity index (χ1n) is 30.8. The zero-order valence-electron chi connectivity index (χ0n) is 47.2. The Bertz CT molecular complexity index is 1280. The molecule has 1 unspecified atom stereocenters. The Morgan fingerprint density at radius 1 is 0.282 bits per heavy atom. The minimum absolute atomic E-state index is 0.0818. The maximum Gasteiger partial charge on any atom is 0.306 e. The predicted octanol–water partition coefficient (Wildman–Crippen LogP) is 20.8. The molecule has 0 aromatic heterocycles. The van der Waals surface area contributed by atoms with Gasteiger partial charge in [0.15, 0.2) is 6.10 Å². The molecule has 6 nitrogen and oxygen atoms in total. The van der Waals surface area contributed by atoms with Crippen LogP contribution in [0.5, 0.6) is 0 Å². The fourth-order valence-corrected chi connectivity index (χ4v) is 8.79. The second-order valence-electron chi connectivity index (χ2n) is 20.6. The van der Waals surface area contributed by atoms with Gasteiger partial charge in [-0.3, -0.25) is 14.4 Å². The summed E-state index contributed by atoms with van der Waals surface area (Å²) in [6, 6.07) is 0. The van der Waals surface area contributed by atoms with Crippen molar-refractivity contribution in [2.75, 3.05) is 13.2 Å². The molecule has 0 aliphatic heterocycles. The van der Waals surface area contributed by atoms with Gasteiger partial charge in [-0.05, 0) is 109 Å². The number of ether oxygens (including phenoxy) is 3. The van der Waals surface area contributed by atoms with E-state index in [1.807, 2.05) is 0 Å². The number of rotatable bonds is 56. The third-order valence-electron chi connectivity index (χ3n) is 13.5. The molecule has 0 spiro atoms. The Morgan fingerprint density at radius 3 is 0.803 bits per heavy atom. The number of hydrogen-bond acceptors (Lipinski definition) is 6. The number of carbonyl (C=O) groups excluding carboxylic acids is 3. The lowest BCUT2D eigenvalue weighted by atomic mass is 10.1. The smallest absolute Gasteiger partial charge is 0.306 e. The molecule has 0 amide bonds. The van der Waals surface area contributed by atoms with E-state index in [0.29, 0.717) is 19.3 Å². The van der Waals surface area contributed by atoms with Crippen molar-refractivity contribution in [3.8, 4) is 0 Å². The van der Waals surface area contributed by atoms with Crippen molar-refractivity contribution in [2.45, 2.75) is 322 Å². The van der Waals surface area contributed by atoms with Crippen molar-refractivity contribution >= 4 is 17.9 Å². The third-order valence-corrected chi connectivity index (χ3v) is 13.5. The third kappa shape index (κ3) is 57.9. The Morgan fingerprint density at radius 2 is 0.507 bits per heavy atom. The first-order valence-corrected chi connectivity index (χ1v) is 30.8. The van der Waals surface area contributed by atoms with Crippen molar-refractivity contribution < 1.29 is 28.6 Å². The molecule has 71 heavy (non-hydrogen) atoms. The highest BCUT2D eigenvalue weighted by Gasteiger charge is 2.19. The number of unbranched alkanes of at least 4 members (excludes halogenated alkanes) is 35. The molecule has 0 saturated carbocycles. The van der Waals surface area contributed by atoms with Crippen molar-refractivity contribution in [3.63, 3.8) is 0 Å². The summed E-state index contributed by atoms with van der Waals surface area (Å²) in [6.07, 6.45) is 74.9. The van der Waals surface area contributed by atoms with E-state index in [4.69, 9.17) is 14.2 Å². The zero-order valence-corrected chi connectivity index (χ0v) is 47.2. The molecule has 0 radical (unpaired) electrons. The van der Waals surface area contributed by atoms with Gasteiger partial charge in [0.05, 0.1) is 0 Å². The summed E-state index contributed by atoms with van der Waals surface area (Å²) in [7, 11) is 0. The van der Waals surface area contributed by atoms with Crippen LogP contribution >= 0.6 is 0 Å². The van der Waals surface area contributed by atoms with Crippen LogP contribution in [0, 0.1) is 0 Å². The Hall–Kier alpha value is -2.89. The molecule has 0 heterocycles. The number of allylic oxidation sites excluding steroid dienone is 10. The molecule has 0 bridgehead atoms. The van der Waals surface area contributed by atoms with E-state index in [0.717, 1.165) is 89.9 Å². The number of esters is 3. The summed E-state index contributed by atoms with van der Waals surface area (Å²) in [4.78, 5) is 38.3. The predicted molar refractivity (Wildman–Crippen MR) is 307 cm³/mol. The molecule has 0 rings (SSSR count). The molecule has 0 fully saturated rings. The first kappa shape index (κ1) is 68.1. The summed E-state index contributed by atoms with van der Waals surface area (Å²) in [5.74, 6) is -0.891. The summed E-state index contributed by atoms with van der Waals surface area (Å²) < 4.78 is 16.9. The van der Waals surface area contributed by atoms with E-state index >= 15 is 0 Å². The molecule has 1 atom stereocenters. The number of carbonyl (C=O) groups is 3. The normalized spacial score (nSPS) is 12.4. The molecular formula is C65H116O6. The van der Waals surface area contributed by atoms with Crippen LogP contribution < -0.4 is 0 Å². The quantitative estimate of drug-likeness (QED) is 0.0261. The van der Waals surface area contributed by atoms with Crippen molar-refractivity contribution in [1.29, 1.82) is 0 Å². The summed E-state index contributed by atoms with van der Waals surface area (Å²) in [5, 5.41) is 0. The van der Waals surface area contributed by atoms with Crippen LogP contribution in [-0.2, 0) is 28.6 Å². The van der Waals surface area contributed by atoms with Gasteiger partial charge in [0.25, 0.3) is 0 Å². The van der Waals surface area contributed by atoms with Gasteiger partial charge in [-0.15, -0.1) is 0 Å². The fraction of sp³-hybridized carbons (Fsp3) is 0.800. The van der Waals surface area contributed by atoms with E-state index < -0.39 is 6.10 Å². The molecule has 6 heteroatoms. The van der Waals surface area contributed by atoms with E-state index in [9.17, 15) is 14.4 Å². The van der Waals surface area contributed by atoms with Gasteiger partial charge in [0.2, 0.25) is 0 Å². The van der Waals surface area contributed by atoms with E-state index in [1.165, 1.54) is 186 Å². The van der Waals surface area contributed by atoms with Gasteiger partial charge < -0.3 is 14.2 Å². The standard InChI is InChI=1S/C65H116O6/c1-4-7-10-13-16-19-22-25-28-31-33-35-37-40-43-46-49-52-55-58-64(67)70-61-62(60-69-63(66)57-54-51-48-45-42-39-36-30-27-24-21-18-15-12-9-6-3)71-65(68)59-56-53-50-47-44-41-38-34-32-29-26-23-20-17-14-11-8-5-2/h20-21,23-25,28-30,32,36,62H,4-19,22,26-27,31,33-35,37-61H2,1-3H3/b23-20-,24-21-,28-25-,32-29-,36-30-. The number of hydrogen-bond donors (Lipinski definition) is 0. The van der Waals surface area contributed by atoms with Crippen molar-refractivity contribution in [2.24, 2.45) is 0 Å². The SMILES string of the molecule is CCCCCC/C=C\C/C=C\CCCCCCCCCC(=O)OC(COC(=O)CCCCCCC/C=C\C/C=C\CCCCCC)COC(=O)CCCCCCCCCCC/C=C\CCCCCCCC. The largest absolute Gasteiger partial charge is 0.462 e. The molecule has 0 N–H and O–H groups in total. The lowest BCUT2D eigenvalue weighted by Crippen LogP contribution is -2.30. The molecule has 0 aromatic rings. The van der Waals surface area contributed by atoms with Crippen LogP contribution in [0.4, 0.5) is 0 Å². The van der Waals surface area contributed by atoms with E-state index in [1.54, 1.807) is 0 Å². The highest BCUT2D eigenvalue weighted by molar-refractivity contribution is 5.71. The minimum Gasteiger partial charge on any atom is -0.462 e. The first-order chi connectivity index (χ1) is 35.0. The van der Waals surface area contributed by atoms with Gasteiger partial charge in [-0.1, -0.05) is 248 Å². The lowest BCUT2D eigenvalue weighted by molar-refractivity contribution is -0.167. The monoisotopic (exact) mass is 993 g/mol. The molecule has 0 aliphatic carbocycles. The molecule has 412 valence electrons. The van der Waals surface area contributed by atoms with Crippen LogP contribution in [0.1, 0.15) is 316 Å². The van der Waals surface area contributed by atoms with E-state index in [2.05, 4.69) is 81.5 Å². The van der Waals surface area contributed by atoms with Crippen LogP contribution in [-0.4, -0.2) is 37.2 Å². The van der Waals surface area contributed by atoms with Crippen molar-refractivity contribution in [3.05, 3.63) is 60.8 Å². The van der Waals surface area contributed by atoms with Gasteiger partial charge in [-0.25, -0.2) is 0 Å². The Balaban J connectivity index is 4.39. The van der Waals surface area contributed by atoms with Gasteiger partial charge in [-0.2, -0.15) is 0 Å². The topological polar surface area (TPSA) is 78.9 Å². The van der Waals surface area contributed by atoms with Crippen LogP contribution in [0.2, 0.25) is 0 Å². The summed E-state index contributed by atoms with van der Waals surface area (Å²) in [6.45, 7) is 6.62. The average molecular weight is 994 g/mol. The Labute approximate surface area is 440 Å². The highest BCUT2D eigenvalue weighted by Crippen LogP contribution is 2.16. The van der Waals surface area contributed by atoms with Gasteiger partial charge in [0.1, 0.15) is 13.2 Å². The molecule has 0 aliphatic rings. The fourth-order valence-electron chi connectivity index (χ4n) is 8.79. The second kappa shape index (κ2) is 59.7. The minimum atomic E-state index is -0.786. The average Bonchev–Trinajstić information content (AvgIpc) is 3.37. The Kier molecular flexibility index (Phi) is 57.2. The van der Waals surface area contributed by atoms with Crippen LogP contribution in [0.3, 0.4) is 0 Å². The summed E-state index contributed by atoms with van der Waals surface area (Å²) >= 11 is 0. The summed E-state index contributed by atoms with van der Waals surface area (Å²) in [5.41, 5.74) is 0. The van der Waals surface area contributed by atoms with Gasteiger partial charge in [0, 0.05) is 19.3 Å². The van der Waals surface area contributed by atoms with E-state index in [-0.39, 0.29) is 31.1 Å². The molecule has 0 saturated heterocycles. The molecular weight excluding hydrogens is 877 g/mol. The van der Waals surface area contributed by atoms with Crippen LogP contribution in [0.25, 0.3) is 0 Å². The highest BCUT2D eigenvalue weighted by atomic mass is 16.6.